The predicted molar refractivity (Wildman–Crippen MR) is 68.6 cm³/mol. The molecule has 0 radical (unpaired) electrons. The van der Waals surface area contributed by atoms with E-state index in [0.29, 0.717) is 6.54 Å². The fourth-order valence-corrected chi connectivity index (χ4v) is 3.46. The highest BCUT2D eigenvalue weighted by atomic mass is 16.7. The van der Waals surface area contributed by atoms with Crippen LogP contribution in [0.4, 0.5) is 4.79 Å². The number of hydrogen-bond donors (Lipinski definition) is 0. The molecule has 2 bridgehead atoms. The zero-order valence-corrected chi connectivity index (χ0v) is 12.0. The smallest absolute Gasteiger partial charge is 0.508 e. The predicted octanol–water partition coefficient (Wildman–Crippen LogP) is 0.299. The van der Waals surface area contributed by atoms with Crippen LogP contribution in [-0.2, 0) is 14.3 Å². The maximum atomic E-state index is 11.4. The van der Waals surface area contributed by atoms with E-state index >= 15 is 0 Å². The molecular formula is C14H23NO5. The Morgan fingerprint density at radius 3 is 2.35 bits per heavy atom. The van der Waals surface area contributed by atoms with Crippen molar-refractivity contribution in [3.63, 3.8) is 0 Å². The van der Waals surface area contributed by atoms with Crippen LogP contribution < -0.4 is 5.11 Å². The first-order chi connectivity index (χ1) is 9.53. The van der Waals surface area contributed by atoms with Crippen molar-refractivity contribution < 1.29 is 28.7 Å². The molecule has 0 amide bonds. The number of hydrogen-bond acceptors (Lipinski definition) is 5. The molecule has 3 aliphatic rings. The van der Waals surface area contributed by atoms with Gasteiger partial charge in [0, 0.05) is 12.4 Å². The molecule has 6 nitrogen and oxygen atoms in total. The lowest BCUT2D eigenvalue weighted by Crippen LogP contribution is -2.61. The van der Waals surface area contributed by atoms with E-state index in [9.17, 15) is 14.7 Å². The van der Waals surface area contributed by atoms with Crippen molar-refractivity contribution in [1.82, 2.24) is 0 Å². The number of rotatable bonds is 6. The molecule has 3 fully saturated rings. The summed E-state index contributed by atoms with van der Waals surface area (Å²) in [4.78, 5) is 22.3. The normalized spacial score (nSPS) is 29.8. The average molecular weight is 285 g/mol. The van der Waals surface area contributed by atoms with Crippen LogP contribution in [0.1, 0.15) is 32.6 Å². The zero-order chi connectivity index (χ0) is 14.6. The van der Waals surface area contributed by atoms with E-state index in [0.717, 1.165) is 30.0 Å². The van der Waals surface area contributed by atoms with Gasteiger partial charge in [-0.05, 0) is 32.1 Å². The van der Waals surface area contributed by atoms with Gasteiger partial charge in [-0.25, -0.2) is 4.79 Å². The molecule has 114 valence electrons. The molecule has 0 spiro atoms. The molecule has 3 aliphatic heterocycles. The second-order valence-electron chi connectivity index (χ2n) is 5.93. The minimum absolute atomic E-state index is 0.221. The summed E-state index contributed by atoms with van der Waals surface area (Å²) in [5, 5.41) is 10.8. The Balaban J connectivity index is 1.95. The third kappa shape index (κ3) is 3.85. The van der Waals surface area contributed by atoms with Crippen LogP contribution in [0.25, 0.3) is 0 Å². The van der Waals surface area contributed by atoms with Crippen molar-refractivity contribution in [1.29, 1.82) is 0 Å². The molecule has 1 unspecified atom stereocenters. The average Bonchev–Trinajstić information content (AvgIpc) is 2.39. The van der Waals surface area contributed by atoms with Gasteiger partial charge >= 0.3 is 6.16 Å². The van der Waals surface area contributed by atoms with Crippen molar-refractivity contribution >= 4 is 12.1 Å². The Morgan fingerprint density at radius 2 is 1.85 bits per heavy atom. The molecule has 0 saturated carbocycles. The Hall–Kier alpha value is -1.30. The molecular weight excluding hydrogens is 262 g/mol. The number of piperidine rings is 3. The van der Waals surface area contributed by atoms with Gasteiger partial charge in [-0.1, -0.05) is 0 Å². The summed E-state index contributed by atoms with van der Waals surface area (Å²) >= 11 is 0. The number of nitrogens with zero attached hydrogens (tertiary/aromatic N) is 1. The molecule has 20 heavy (non-hydrogen) atoms. The topological polar surface area (TPSA) is 75.7 Å². The molecule has 3 rings (SSSR count). The second-order valence-corrected chi connectivity index (χ2v) is 5.93. The van der Waals surface area contributed by atoms with Crippen molar-refractivity contribution in [2.75, 3.05) is 32.8 Å². The quantitative estimate of drug-likeness (QED) is 0.518. The molecule has 0 aromatic carbocycles. The highest BCUT2D eigenvalue weighted by molar-refractivity contribution is 5.66. The summed E-state index contributed by atoms with van der Waals surface area (Å²) in [6, 6.07) is 0. The standard InChI is InChI=1S/C14H23NO5/c1-2-19-14(18)20-12(9-13(16)17)10-15-6-3-11(4-7-15)5-8-15/h11-12H,2-10H2,1H3. The summed E-state index contributed by atoms with van der Waals surface area (Å²) < 4.78 is 10.8. The van der Waals surface area contributed by atoms with E-state index in [2.05, 4.69) is 0 Å². The third-order valence-electron chi connectivity index (χ3n) is 4.55. The monoisotopic (exact) mass is 285 g/mol. The highest BCUT2D eigenvalue weighted by Gasteiger charge is 2.41. The van der Waals surface area contributed by atoms with E-state index in [1.807, 2.05) is 0 Å². The van der Waals surface area contributed by atoms with E-state index < -0.39 is 18.2 Å². The fraction of sp³-hybridized carbons (Fsp3) is 0.857. The van der Waals surface area contributed by atoms with Crippen LogP contribution in [0.5, 0.6) is 0 Å². The van der Waals surface area contributed by atoms with E-state index in [1.54, 1.807) is 6.92 Å². The van der Waals surface area contributed by atoms with Crippen molar-refractivity contribution in [3.8, 4) is 0 Å². The van der Waals surface area contributed by atoms with Crippen LogP contribution in [0, 0.1) is 5.92 Å². The number of ether oxygens (including phenoxy) is 2. The third-order valence-corrected chi connectivity index (χ3v) is 4.55. The van der Waals surface area contributed by atoms with Crippen LogP contribution in [0.15, 0.2) is 0 Å². The van der Waals surface area contributed by atoms with Crippen molar-refractivity contribution in [2.45, 2.75) is 38.7 Å². The summed E-state index contributed by atoms with van der Waals surface area (Å²) in [6.07, 6.45) is 1.87. The van der Waals surface area contributed by atoms with Gasteiger partial charge in [-0.15, -0.1) is 0 Å². The summed E-state index contributed by atoms with van der Waals surface area (Å²) in [7, 11) is 0. The van der Waals surface area contributed by atoms with Gasteiger partial charge in [0.2, 0.25) is 0 Å². The first kappa shape index (κ1) is 15.1. The van der Waals surface area contributed by atoms with E-state index in [4.69, 9.17) is 9.47 Å². The Morgan fingerprint density at radius 1 is 1.25 bits per heavy atom. The maximum Gasteiger partial charge on any atom is 0.508 e. The minimum atomic E-state index is -1.19. The lowest BCUT2D eigenvalue weighted by Gasteiger charge is -2.50. The van der Waals surface area contributed by atoms with Crippen LogP contribution in [-0.4, -0.2) is 55.5 Å². The van der Waals surface area contributed by atoms with Gasteiger partial charge in [0.15, 0.2) is 6.10 Å². The highest BCUT2D eigenvalue weighted by Crippen LogP contribution is 2.34. The van der Waals surface area contributed by atoms with E-state index in [1.165, 1.54) is 19.3 Å². The molecule has 3 saturated heterocycles. The molecule has 3 heterocycles. The summed E-state index contributed by atoms with van der Waals surface area (Å²) in [6.45, 7) is 5.63. The zero-order valence-electron chi connectivity index (χ0n) is 12.0. The molecule has 0 aromatic rings. The van der Waals surface area contributed by atoms with Crippen LogP contribution in [0.2, 0.25) is 0 Å². The minimum Gasteiger partial charge on any atom is -0.550 e. The largest absolute Gasteiger partial charge is 0.550 e. The SMILES string of the molecule is CCOC(=O)OC(CC(=O)[O-])C[N+]12CCC(CC1)CC2. The lowest BCUT2D eigenvalue weighted by molar-refractivity contribution is -0.945. The first-order valence-electron chi connectivity index (χ1n) is 7.41. The summed E-state index contributed by atoms with van der Waals surface area (Å²) in [5.41, 5.74) is 0. The van der Waals surface area contributed by atoms with Crippen LogP contribution in [0.3, 0.4) is 0 Å². The molecule has 6 heteroatoms. The molecule has 0 aromatic heterocycles. The van der Waals surface area contributed by atoms with Gasteiger partial charge in [-0.2, -0.15) is 0 Å². The Bertz CT molecular complexity index is 349. The maximum absolute atomic E-state index is 11.4. The Labute approximate surface area is 119 Å². The van der Waals surface area contributed by atoms with Gasteiger partial charge in [0.05, 0.1) is 26.2 Å². The number of carboxylic acid groups (broad SMARTS) is 1. The second kappa shape index (κ2) is 6.43. The summed E-state index contributed by atoms with van der Waals surface area (Å²) in [5.74, 6) is -0.357. The van der Waals surface area contributed by atoms with Crippen molar-refractivity contribution in [3.05, 3.63) is 0 Å². The molecule has 1 atom stereocenters. The van der Waals surface area contributed by atoms with Gasteiger partial charge in [-0.3, -0.25) is 0 Å². The first-order valence-corrected chi connectivity index (χ1v) is 7.41. The fourth-order valence-electron chi connectivity index (χ4n) is 3.46. The van der Waals surface area contributed by atoms with Gasteiger partial charge in [0.1, 0.15) is 6.54 Å². The number of carboxylic acids is 1. The number of carbonyl (C=O) groups excluding carboxylic acids is 2. The van der Waals surface area contributed by atoms with E-state index in [-0.39, 0.29) is 13.0 Å². The van der Waals surface area contributed by atoms with Gasteiger partial charge in [0.25, 0.3) is 0 Å². The van der Waals surface area contributed by atoms with Gasteiger partial charge < -0.3 is 23.9 Å². The number of quaternary nitrogens is 1. The lowest BCUT2D eigenvalue weighted by atomic mass is 9.85. The number of carbonyl (C=O) groups is 2. The number of aliphatic carboxylic acids is 1. The molecule has 0 aliphatic carbocycles. The molecule has 0 N–H and O–H groups in total. The number of fused-ring (bicyclic) bond motifs is 3. The van der Waals surface area contributed by atoms with Crippen LogP contribution >= 0.6 is 0 Å². The van der Waals surface area contributed by atoms with Crippen molar-refractivity contribution in [2.24, 2.45) is 5.92 Å². The Kier molecular flexibility index (Phi) is 4.86.